The molecule has 0 aliphatic carbocycles. The zero-order chi connectivity index (χ0) is 17.8. The molecule has 4 heterocycles. The van der Waals surface area contributed by atoms with Gasteiger partial charge in [-0.2, -0.15) is 0 Å². The maximum atomic E-state index is 12.4. The molecule has 0 bridgehead atoms. The van der Waals surface area contributed by atoms with E-state index in [1.165, 1.54) is 0 Å². The summed E-state index contributed by atoms with van der Waals surface area (Å²) in [5.41, 5.74) is 1.12. The number of carbonyl (C=O) groups excluding carboxylic acids is 1. The first kappa shape index (κ1) is 16.2. The van der Waals surface area contributed by atoms with E-state index in [9.17, 15) is 4.79 Å². The molecule has 1 aliphatic heterocycles. The van der Waals surface area contributed by atoms with Crippen LogP contribution in [-0.2, 0) is 0 Å². The summed E-state index contributed by atoms with van der Waals surface area (Å²) in [5.74, 6) is 1.06. The lowest BCUT2D eigenvalue weighted by Crippen LogP contribution is -2.45. The van der Waals surface area contributed by atoms with Gasteiger partial charge in [-0.25, -0.2) is 9.97 Å². The summed E-state index contributed by atoms with van der Waals surface area (Å²) in [5, 5.41) is 6.91. The highest BCUT2D eigenvalue weighted by atomic mass is 16.5. The van der Waals surface area contributed by atoms with Gasteiger partial charge in [-0.05, 0) is 31.0 Å². The topological polar surface area (TPSA) is 97.0 Å². The molecule has 0 unspecified atom stereocenters. The molecule has 0 atom stereocenters. The summed E-state index contributed by atoms with van der Waals surface area (Å²) < 4.78 is 5.27. The first-order valence-electron chi connectivity index (χ1n) is 8.49. The first-order chi connectivity index (χ1) is 12.8. The van der Waals surface area contributed by atoms with Crippen molar-refractivity contribution in [3.8, 4) is 11.3 Å². The van der Waals surface area contributed by atoms with Crippen molar-refractivity contribution in [2.75, 3.05) is 18.0 Å². The Kier molecular flexibility index (Phi) is 4.55. The minimum absolute atomic E-state index is 0.100. The Morgan fingerprint density at radius 2 is 1.85 bits per heavy atom. The van der Waals surface area contributed by atoms with Gasteiger partial charge in [-0.1, -0.05) is 5.16 Å². The number of carbonyl (C=O) groups is 1. The molecule has 8 nitrogen and oxygen atoms in total. The van der Waals surface area contributed by atoms with Crippen LogP contribution in [0.5, 0.6) is 0 Å². The number of piperidine rings is 1. The van der Waals surface area contributed by atoms with Gasteiger partial charge in [0.15, 0.2) is 11.5 Å². The Labute approximate surface area is 150 Å². The quantitative estimate of drug-likeness (QED) is 0.768. The maximum absolute atomic E-state index is 12.4. The average molecular weight is 350 g/mol. The van der Waals surface area contributed by atoms with Gasteiger partial charge in [0.25, 0.3) is 5.91 Å². The predicted octanol–water partition coefficient (Wildman–Crippen LogP) is 1.93. The monoisotopic (exact) mass is 350 g/mol. The summed E-state index contributed by atoms with van der Waals surface area (Å²) >= 11 is 0. The van der Waals surface area contributed by atoms with Crippen LogP contribution in [0.25, 0.3) is 11.3 Å². The molecule has 3 aromatic rings. The van der Waals surface area contributed by atoms with E-state index in [0.29, 0.717) is 5.76 Å². The number of hydrogen-bond acceptors (Lipinski definition) is 7. The van der Waals surface area contributed by atoms with Gasteiger partial charge in [-0.15, -0.1) is 0 Å². The van der Waals surface area contributed by atoms with E-state index >= 15 is 0 Å². The van der Waals surface area contributed by atoms with Crippen LogP contribution >= 0.6 is 0 Å². The van der Waals surface area contributed by atoms with E-state index in [1.807, 2.05) is 12.1 Å². The van der Waals surface area contributed by atoms with E-state index in [1.54, 1.807) is 36.9 Å². The number of rotatable bonds is 4. The fourth-order valence-corrected chi connectivity index (χ4v) is 2.97. The number of nitrogens with zero attached hydrogens (tertiary/aromatic N) is 5. The zero-order valence-corrected chi connectivity index (χ0v) is 14.1. The Balaban J connectivity index is 1.34. The first-order valence-corrected chi connectivity index (χ1v) is 8.49. The molecule has 1 amide bonds. The molecule has 1 fully saturated rings. The molecule has 0 spiro atoms. The normalized spacial score (nSPS) is 15.0. The summed E-state index contributed by atoms with van der Waals surface area (Å²) in [6, 6.07) is 7.17. The van der Waals surface area contributed by atoms with Crippen LogP contribution in [0.2, 0.25) is 0 Å². The van der Waals surface area contributed by atoms with E-state index in [0.717, 1.165) is 37.4 Å². The van der Waals surface area contributed by atoms with Crippen molar-refractivity contribution in [1.82, 2.24) is 25.4 Å². The summed E-state index contributed by atoms with van der Waals surface area (Å²) in [7, 11) is 0. The standard InChI is InChI=1S/C18H18N6O2/c25-17(15-12-16(26-23-15)13-2-8-19-9-3-13)22-14-4-10-24(11-5-14)18-20-6-1-7-21-18/h1-3,6-9,12,14H,4-5,10-11H2,(H,22,25). The van der Waals surface area contributed by atoms with Crippen LogP contribution in [0.15, 0.2) is 53.6 Å². The van der Waals surface area contributed by atoms with Gasteiger partial charge in [0, 0.05) is 55.5 Å². The van der Waals surface area contributed by atoms with Crippen LogP contribution in [0.3, 0.4) is 0 Å². The van der Waals surface area contributed by atoms with E-state index in [-0.39, 0.29) is 17.6 Å². The number of pyridine rings is 1. The van der Waals surface area contributed by atoms with Crippen LogP contribution in [0, 0.1) is 0 Å². The molecule has 3 aromatic heterocycles. The molecule has 1 saturated heterocycles. The van der Waals surface area contributed by atoms with Crippen molar-refractivity contribution < 1.29 is 9.32 Å². The van der Waals surface area contributed by atoms with Crippen LogP contribution in [0.1, 0.15) is 23.3 Å². The predicted molar refractivity (Wildman–Crippen MR) is 94.5 cm³/mol. The van der Waals surface area contributed by atoms with Crippen molar-refractivity contribution in [2.45, 2.75) is 18.9 Å². The van der Waals surface area contributed by atoms with Crippen LogP contribution < -0.4 is 10.2 Å². The molecule has 26 heavy (non-hydrogen) atoms. The van der Waals surface area contributed by atoms with Gasteiger partial charge in [-0.3, -0.25) is 9.78 Å². The largest absolute Gasteiger partial charge is 0.355 e. The van der Waals surface area contributed by atoms with Crippen LogP contribution in [-0.4, -0.2) is 45.1 Å². The van der Waals surface area contributed by atoms with Crippen LogP contribution in [0.4, 0.5) is 5.95 Å². The second kappa shape index (κ2) is 7.30. The van der Waals surface area contributed by atoms with Gasteiger partial charge >= 0.3 is 0 Å². The number of hydrogen-bond donors (Lipinski definition) is 1. The number of aromatic nitrogens is 4. The average Bonchev–Trinajstić information content (AvgIpc) is 3.20. The fraction of sp³-hybridized carbons (Fsp3) is 0.278. The SMILES string of the molecule is O=C(NC1CCN(c2ncccn2)CC1)c1cc(-c2ccncc2)on1. The van der Waals surface area contributed by atoms with Crippen molar-refractivity contribution in [3.05, 3.63) is 54.7 Å². The van der Waals surface area contributed by atoms with Crippen molar-refractivity contribution >= 4 is 11.9 Å². The summed E-state index contributed by atoms with van der Waals surface area (Å²) in [6.07, 6.45) is 8.48. The lowest BCUT2D eigenvalue weighted by molar-refractivity contribution is 0.0922. The van der Waals surface area contributed by atoms with Gasteiger partial charge in [0.2, 0.25) is 5.95 Å². The molecule has 0 saturated carbocycles. The van der Waals surface area contributed by atoms with Crippen molar-refractivity contribution in [3.63, 3.8) is 0 Å². The molecule has 0 aromatic carbocycles. The lowest BCUT2D eigenvalue weighted by Gasteiger charge is -2.32. The lowest BCUT2D eigenvalue weighted by atomic mass is 10.1. The number of anilines is 1. The van der Waals surface area contributed by atoms with Crippen molar-refractivity contribution in [2.24, 2.45) is 0 Å². The molecular weight excluding hydrogens is 332 g/mol. The Hall–Kier alpha value is -3.29. The smallest absolute Gasteiger partial charge is 0.273 e. The van der Waals surface area contributed by atoms with E-state index in [4.69, 9.17) is 4.52 Å². The molecule has 0 radical (unpaired) electrons. The minimum atomic E-state index is -0.219. The molecule has 1 N–H and O–H groups in total. The second-order valence-electron chi connectivity index (χ2n) is 6.10. The van der Waals surface area contributed by atoms with Gasteiger partial charge in [0.05, 0.1) is 0 Å². The summed E-state index contributed by atoms with van der Waals surface area (Å²) in [6.45, 7) is 1.60. The van der Waals surface area contributed by atoms with Gasteiger partial charge in [0.1, 0.15) is 0 Å². The Morgan fingerprint density at radius 3 is 2.58 bits per heavy atom. The molecular formula is C18H18N6O2. The molecule has 132 valence electrons. The highest BCUT2D eigenvalue weighted by Gasteiger charge is 2.23. The maximum Gasteiger partial charge on any atom is 0.273 e. The molecule has 4 rings (SSSR count). The third-order valence-electron chi connectivity index (χ3n) is 4.37. The zero-order valence-electron chi connectivity index (χ0n) is 14.1. The fourth-order valence-electron chi connectivity index (χ4n) is 2.97. The summed E-state index contributed by atoms with van der Waals surface area (Å²) in [4.78, 5) is 27.1. The highest BCUT2D eigenvalue weighted by molar-refractivity contribution is 5.93. The Morgan fingerprint density at radius 1 is 1.12 bits per heavy atom. The third-order valence-corrected chi connectivity index (χ3v) is 4.37. The third kappa shape index (κ3) is 3.53. The van der Waals surface area contributed by atoms with Crippen molar-refractivity contribution in [1.29, 1.82) is 0 Å². The van der Waals surface area contributed by atoms with E-state index in [2.05, 4.69) is 30.3 Å². The number of amides is 1. The van der Waals surface area contributed by atoms with E-state index < -0.39 is 0 Å². The van der Waals surface area contributed by atoms with Gasteiger partial charge < -0.3 is 14.7 Å². The minimum Gasteiger partial charge on any atom is -0.355 e. The number of nitrogens with one attached hydrogen (secondary N) is 1. The highest BCUT2D eigenvalue weighted by Crippen LogP contribution is 2.20. The molecule has 8 heteroatoms. The Bertz CT molecular complexity index is 860. The molecule has 1 aliphatic rings. The second-order valence-corrected chi connectivity index (χ2v) is 6.10.